The van der Waals surface area contributed by atoms with Gasteiger partial charge >= 0.3 is 5.97 Å². The number of amides is 1. The van der Waals surface area contributed by atoms with Crippen molar-refractivity contribution in [2.24, 2.45) is 0 Å². The number of anilines is 1. The van der Waals surface area contributed by atoms with Crippen molar-refractivity contribution in [3.8, 4) is 0 Å². The molecule has 134 valence electrons. The van der Waals surface area contributed by atoms with Crippen LogP contribution in [0.2, 0.25) is 0 Å². The minimum absolute atomic E-state index is 0.136. The van der Waals surface area contributed by atoms with E-state index in [0.717, 1.165) is 28.5 Å². The van der Waals surface area contributed by atoms with Crippen LogP contribution in [0.4, 0.5) is 5.69 Å². The summed E-state index contributed by atoms with van der Waals surface area (Å²) >= 11 is 3.43. The van der Waals surface area contributed by atoms with Gasteiger partial charge in [0.05, 0.1) is 25.5 Å². The smallest absolute Gasteiger partial charge is 0.356 e. The quantitative estimate of drug-likeness (QED) is 0.640. The average molecular weight is 411 g/mol. The summed E-state index contributed by atoms with van der Waals surface area (Å²) in [6.07, 6.45) is 0. The number of ether oxygens (including phenoxy) is 2. The Bertz CT molecular complexity index is 784. The molecule has 0 unspecified atom stereocenters. The van der Waals surface area contributed by atoms with Crippen molar-refractivity contribution in [3.05, 3.63) is 28.4 Å². The maximum atomic E-state index is 12.5. The number of H-pyrrole nitrogens is 1. The predicted molar refractivity (Wildman–Crippen MR) is 97.0 cm³/mol. The number of benzene rings is 1. The first-order valence-corrected chi connectivity index (χ1v) is 9.07. The third-order valence-electron chi connectivity index (χ3n) is 4.12. The Labute approximate surface area is 153 Å². The van der Waals surface area contributed by atoms with Crippen LogP contribution in [0, 0.1) is 0 Å². The summed E-state index contributed by atoms with van der Waals surface area (Å²) < 4.78 is 11.3. The molecule has 7 nitrogen and oxygen atoms in total. The van der Waals surface area contributed by atoms with Gasteiger partial charge in [0, 0.05) is 15.4 Å². The second-order valence-corrected chi connectivity index (χ2v) is 6.79. The summed E-state index contributed by atoms with van der Waals surface area (Å²) in [6, 6.07) is 5.59. The molecule has 2 aromatic rings. The zero-order chi connectivity index (χ0) is 17.8. The Morgan fingerprint density at radius 2 is 2.12 bits per heavy atom. The molecule has 1 aromatic heterocycles. The number of hydrogen-bond acceptors (Lipinski definition) is 4. The third-order valence-corrected chi connectivity index (χ3v) is 4.61. The third kappa shape index (κ3) is 4.20. The number of rotatable bonds is 5. The number of carbonyl (C=O) groups is 2. The van der Waals surface area contributed by atoms with Crippen LogP contribution in [0.15, 0.2) is 22.7 Å². The van der Waals surface area contributed by atoms with Gasteiger partial charge in [0.2, 0.25) is 0 Å². The number of hydrogen-bond donors (Lipinski definition) is 3. The summed E-state index contributed by atoms with van der Waals surface area (Å²) in [5.74, 6) is -0.618. The number of carbonyl (C=O) groups excluding carboxylic acids is 2. The van der Waals surface area contributed by atoms with Gasteiger partial charge in [0.25, 0.3) is 5.91 Å². The lowest BCUT2D eigenvalue weighted by Gasteiger charge is -2.23. The van der Waals surface area contributed by atoms with Gasteiger partial charge in [-0.05, 0) is 25.1 Å². The maximum Gasteiger partial charge on any atom is 0.356 e. The van der Waals surface area contributed by atoms with Gasteiger partial charge < -0.3 is 24.7 Å². The number of aromatic amines is 1. The Hall–Kier alpha value is -1.90. The minimum Gasteiger partial charge on any atom is -0.461 e. The molecule has 1 fully saturated rings. The maximum absolute atomic E-state index is 12.5. The van der Waals surface area contributed by atoms with Gasteiger partial charge in [-0.25, -0.2) is 4.79 Å². The summed E-state index contributed by atoms with van der Waals surface area (Å²) in [5.41, 5.74) is 1.49. The SMILES string of the molecule is CCOC(=O)c1[nH]c2ccc(Br)cc2c1NC(=O)C[NH+]1CCOCC1. The summed E-state index contributed by atoms with van der Waals surface area (Å²) in [5, 5.41) is 3.66. The monoisotopic (exact) mass is 410 g/mol. The molecule has 1 aromatic carbocycles. The first-order chi connectivity index (χ1) is 12.1. The summed E-state index contributed by atoms with van der Waals surface area (Å²) in [7, 11) is 0. The molecule has 2 heterocycles. The molecule has 3 rings (SSSR count). The van der Waals surface area contributed by atoms with E-state index in [1.807, 2.05) is 18.2 Å². The lowest BCUT2D eigenvalue weighted by molar-refractivity contribution is -0.899. The first kappa shape index (κ1) is 17.9. The van der Waals surface area contributed by atoms with Crippen LogP contribution >= 0.6 is 15.9 Å². The molecular weight excluding hydrogens is 390 g/mol. The van der Waals surface area contributed by atoms with Crippen LogP contribution in [0.25, 0.3) is 10.9 Å². The number of quaternary nitrogens is 1. The van der Waals surface area contributed by atoms with Gasteiger partial charge in [0.1, 0.15) is 18.8 Å². The molecule has 1 amide bonds. The lowest BCUT2D eigenvalue weighted by atomic mass is 10.2. The second-order valence-electron chi connectivity index (χ2n) is 5.87. The molecule has 1 aliphatic rings. The fourth-order valence-corrected chi connectivity index (χ4v) is 3.26. The molecule has 0 spiro atoms. The van der Waals surface area contributed by atoms with Crippen molar-refractivity contribution in [2.75, 3.05) is 44.8 Å². The number of aromatic nitrogens is 1. The standard InChI is InChI=1S/C17H20BrN3O4/c1-2-25-17(23)16-15(12-9-11(18)3-4-13(12)19-16)20-14(22)10-21-5-7-24-8-6-21/h3-4,9,19H,2,5-8,10H2,1H3,(H,20,22)/p+1. The van der Waals surface area contributed by atoms with Gasteiger partial charge in [0.15, 0.2) is 6.54 Å². The van der Waals surface area contributed by atoms with Crippen molar-refractivity contribution in [2.45, 2.75) is 6.92 Å². The van der Waals surface area contributed by atoms with Crippen molar-refractivity contribution in [3.63, 3.8) is 0 Å². The fourth-order valence-electron chi connectivity index (χ4n) is 2.90. The van der Waals surface area contributed by atoms with E-state index in [-0.39, 0.29) is 18.2 Å². The van der Waals surface area contributed by atoms with Gasteiger partial charge in [-0.3, -0.25) is 4.79 Å². The Kier molecular flexibility index (Phi) is 5.72. The van der Waals surface area contributed by atoms with E-state index in [1.54, 1.807) is 6.92 Å². The highest BCUT2D eigenvalue weighted by molar-refractivity contribution is 9.10. The van der Waals surface area contributed by atoms with Gasteiger partial charge in [-0.15, -0.1) is 0 Å². The molecule has 0 aliphatic carbocycles. The van der Waals surface area contributed by atoms with E-state index in [2.05, 4.69) is 26.2 Å². The summed E-state index contributed by atoms with van der Waals surface area (Å²) in [6.45, 7) is 5.29. The highest BCUT2D eigenvalue weighted by atomic mass is 79.9. The zero-order valence-electron chi connectivity index (χ0n) is 14.0. The van der Waals surface area contributed by atoms with Crippen molar-refractivity contribution < 1.29 is 24.0 Å². The van der Waals surface area contributed by atoms with Crippen molar-refractivity contribution in [1.82, 2.24) is 4.98 Å². The largest absolute Gasteiger partial charge is 0.461 e. The topological polar surface area (TPSA) is 84.9 Å². The Morgan fingerprint density at radius 3 is 2.84 bits per heavy atom. The van der Waals surface area contributed by atoms with Crippen LogP contribution in [0.5, 0.6) is 0 Å². The predicted octanol–water partition coefficient (Wildman–Crippen LogP) is 0.961. The van der Waals surface area contributed by atoms with Gasteiger partial charge in [-0.1, -0.05) is 15.9 Å². The highest BCUT2D eigenvalue weighted by Crippen LogP contribution is 2.30. The normalized spacial score (nSPS) is 15.3. The van der Waals surface area contributed by atoms with E-state index >= 15 is 0 Å². The zero-order valence-corrected chi connectivity index (χ0v) is 15.6. The van der Waals surface area contributed by atoms with Crippen LogP contribution in [-0.2, 0) is 14.3 Å². The highest BCUT2D eigenvalue weighted by Gasteiger charge is 2.23. The van der Waals surface area contributed by atoms with E-state index < -0.39 is 5.97 Å². The van der Waals surface area contributed by atoms with E-state index in [0.29, 0.717) is 25.4 Å². The van der Waals surface area contributed by atoms with Crippen LogP contribution in [0.1, 0.15) is 17.4 Å². The Morgan fingerprint density at radius 1 is 1.36 bits per heavy atom. The van der Waals surface area contributed by atoms with Crippen LogP contribution in [-0.4, -0.2) is 56.3 Å². The van der Waals surface area contributed by atoms with Crippen LogP contribution < -0.4 is 10.2 Å². The molecule has 0 bridgehead atoms. The van der Waals surface area contributed by atoms with Crippen molar-refractivity contribution >= 4 is 44.4 Å². The first-order valence-electron chi connectivity index (χ1n) is 8.28. The van der Waals surface area contributed by atoms with Crippen LogP contribution in [0.3, 0.4) is 0 Å². The fraction of sp³-hybridized carbons (Fsp3) is 0.412. The molecule has 8 heteroatoms. The average Bonchev–Trinajstić information content (AvgIpc) is 2.94. The van der Waals surface area contributed by atoms with E-state index in [9.17, 15) is 9.59 Å². The molecule has 0 atom stereocenters. The minimum atomic E-state index is -0.483. The molecule has 0 saturated carbocycles. The number of nitrogens with one attached hydrogen (secondary N) is 3. The molecule has 1 aliphatic heterocycles. The molecule has 0 radical (unpaired) electrons. The number of morpholine rings is 1. The van der Waals surface area contributed by atoms with E-state index in [1.165, 1.54) is 4.90 Å². The number of esters is 1. The molecule has 25 heavy (non-hydrogen) atoms. The Balaban J connectivity index is 1.86. The van der Waals surface area contributed by atoms with Crippen molar-refractivity contribution in [1.29, 1.82) is 0 Å². The molecule has 3 N–H and O–H groups in total. The number of fused-ring (bicyclic) bond motifs is 1. The number of halogens is 1. The lowest BCUT2D eigenvalue weighted by Crippen LogP contribution is -3.15. The molecular formula is C17H21BrN3O4+. The molecule has 1 saturated heterocycles. The van der Waals surface area contributed by atoms with Gasteiger partial charge in [-0.2, -0.15) is 0 Å². The summed E-state index contributed by atoms with van der Waals surface area (Å²) in [4.78, 5) is 29.0. The van der Waals surface area contributed by atoms with E-state index in [4.69, 9.17) is 9.47 Å². The second kappa shape index (κ2) is 7.99.